The van der Waals surface area contributed by atoms with Gasteiger partial charge in [0.2, 0.25) is 0 Å². The van der Waals surface area contributed by atoms with Crippen molar-refractivity contribution in [2.75, 3.05) is 13.1 Å². The maximum absolute atomic E-state index is 12.6. The van der Waals surface area contributed by atoms with E-state index in [4.69, 9.17) is 0 Å². The number of aromatic amines is 1. The van der Waals surface area contributed by atoms with Gasteiger partial charge >= 0.3 is 0 Å². The van der Waals surface area contributed by atoms with Crippen molar-refractivity contribution in [3.05, 3.63) is 34.9 Å². The van der Waals surface area contributed by atoms with Crippen molar-refractivity contribution in [3.8, 4) is 0 Å². The summed E-state index contributed by atoms with van der Waals surface area (Å²) in [7, 11) is 0. The lowest BCUT2D eigenvalue weighted by molar-refractivity contribution is 0.0779. The largest absolute Gasteiger partial charge is 0.350 e. The average molecular weight is 286 g/mol. The summed E-state index contributed by atoms with van der Waals surface area (Å²) >= 11 is 1.68. The molecule has 0 spiro atoms. The van der Waals surface area contributed by atoms with Gasteiger partial charge in [-0.25, -0.2) is 0 Å². The molecule has 1 aliphatic heterocycles. The Morgan fingerprint density at radius 2 is 2.25 bits per heavy atom. The van der Waals surface area contributed by atoms with Crippen LogP contribution in [0.2, 0.25) is 0 Å². The zero-order valence-electron chi connectivity index (χ0n) is 11.6. The second-order valence-electron chi connectivity index (χ2n) is 6.10. The molecule has 1 amide bonds. The van der Waals surface area contributed by atoms with Crippen LogP contribution in [0.1, 0.15) is 30.3 Å². The molecule has 104 valence electrons. The van der Waals surface area contributed by atoms with Crippen LogP contribution in [-0.2, 0) is 0 Å². The number of nitrogens with zero attached hydrogens (tertiary/aromatic N) is 1. The van der Waals surface area contributed by atoms with Gasteiger partial charge in [0.25, 0.3) is 5.91 Å². The first-order valence-electron chi connectivity index (χ1n) is 7.22. The molecular weight excluding hydrogens is 268 g/mol. The fourth-order valence-corrected chi connectivity index (χ4v) is 4.37. The van der Waals surface area contributed by atoms with E-state index in [1.165, 1.54) is 10.3 Å². The monoisotopic (exact) mass is 286 g/mol. The molecule has 0 bridgehead atoms. The quantitative estimate of drug-likeness (QED) is 0.798. The van der Waals surface area contributed by atoms with Gasteiger partial charge in [-0.15, -0.1) is 11.3 Å². The van der Waals surface area contributed by atoms with Crippen LogP contribution in [0.15, 0.2) is 29.2 Å². The van der Waals surface area contributed by atoms with Crippen molar-refractivity contribution in [2.24, 2.45) is 11.8 Å². The van der Waals surface area contributed by atoms with E-state index in [-0.39, 0.29) is 5.91 Å². The highest BCUT2D eigenvalue weighted by Gasteiger charge is 2.36. The second-order valence-corrected chi connectivity index (χ2v) is 7.05. The molecular formula is C16H18N2OS. The summed E-state index contributed by atoms with van der Waals surface area (Å²) in [6, 6.07) is 4.03. The SMILES string of the molecule is CC1=CC[C@@H]2CN(C(=O)c3cc4sccc4[nH]3)C[C@@H]2C1. The number of rotatable bonds is 1. The molecule has 3 nitrogen and oxygen atoms in total. The van der Waals surface area contributed by atoms with Crippen LogP contribution >= 0.6 is 11.3 Å². The summed E-state index contributed by atoms with van der Waals surface area (Å²) in [5.74, 6) is 1.50. The van der Waals surface area contributed by atoms with E-state index in [0.717, 1.165) is 37.1 Å². The molecule has 2 aromatic rings. The highest BCUT2D eigenvalue weighted by Crippen LogP contribution is 2.36. The Morgan fingerprint density at radius 1 is 1.40 bits per heavy atom. The topological polar surface area (TPSA) is 36.1 Å². The minimum atomic E-state index is 0.167. The van der Waals surface area contributed by atoms with Gasteiger partial charge in [-0.1, -0.05) is 11.6 Å². The molecule has 1 aliphatic carbocycles. The number of hydrogen-bond acceptors (Lipinski definition) is 2. The number of thiophene rings is 1. The van der Waals surface area contributed by atoms with Crippen molar-refractivity contribution in [1.29, 1.82) is 0 Å². The number of aromatic nitrogens is 1. The molecule has 1 fully saturated rings. The lowest BCUT2D eigenvalue weighted by Gasteiger charge is -2.21. The third-order valence-corrected chi connectivity index (χ3v) is 5.55. The van der Waals surface area contributed by atoms with Crippen molar-refractivity contribution in [3.63, 3.8) is 0 Å². The number of allylic oxidation sites excluding steroid dienone is 2. The number of nitrogens with one attached hydrogen (secondary N) is 1. The Kier molecular flexibility index (Phi) is 2.74. The predicted octanol–water partition coefficient (Wildman–Crippen LogP) is 3.66. The van der Waals surface area contributed by atoms with Gasteiger partial charge in [0.1, 0.15) is 5.69 Å². The molecule has 0 unspecified atom stereocenters. The molecule has 2 aromatic heterocycles. The molecule has 4 rings (SSSR count). The van der Waals surface area contributed by atoms with Crippen molar-refractivity contribution >= 4 is 27.5 Å². The zero-order valence-corrected chi connectivity index (χ0v) is 12.4. The van der Waals surface area contributed by atoms with E-state index in [1.807, 2.05) is 22.4 Å². The van der Waals surface area contributed by atoms with Gasteiger partial charge in [0.15, 0.2) is 0 Å². The number of carbonyl (C=O) groups excluding carboxylic acids is 1. The van der Waals surface area contributed by atoms with E-state index in [2.05, 4.69) is 18.0 Å². The van der Waals surface area contributed by atoms with Crippen LogP contribution in [0.25, 0.3) is 10.2 Å². The highest BCUT2D eigenvalue weighted by molar-refractivity contribution is 7.17. The first-order chi connectivity index (χ1) is 9.70. The summed E-state index contributed by atoms with van der Waals surface area (Å²) < 4.78 is 1.17. The molecule has 2 aliphatic rings. The third-order valence-electron chi connectivity index (χ3n) is 4.69. The Balaban J connectivity index is 1.54. The fraction of sp³-hybridized carbons (Fsp3) is 0.438. The standard InChI is InChI=1S/C16H18N2OS/c1-10-2-3-11-8-18(9-12(11)6-10)16(19)14-7-15-13(17-14)4-5-20-15/h2,4-5,7,11-12,17H,3,6,8-9H2,1H3/t11-,12+/m1/s1. The van der Waals surface area contributed by atoms with E-state index in [1.54, 1.807) is 11.3 Å². The lowest BCUT2D eigenvalue weighted by atomic mass is 9.83. The first-order valence-corrected chi connectivity index (χ1v) is 8.10. The summed E-state index contributed by atoms with van der Waals surface area (Å²) in [4.78, 5) is 17.9. The molecule has 0 saturated carbocycles. The maximum atomic E-state index is 12.6. The molecule has 0 radical (unpaired) electrons. The summed E-state index contributed by atoms with van der Waals surface area (Å²) in [5, 5.41) is 2.05. The van der Waals surface area contributed by atoms with E-state index < -0.39 is 0 Å². The normalized spacial score (nSPS) is 25.9. The Morgan fingerprint density at radius 3 is 3.10 bits per heavy atom. The fourth-order valence-electron chi connectivity index (χ4n) is 3.59. The van der Waals surface area contributed by atoms with Gasteiger partial charge in [-0.05, 0) is 49.1 Å². The Hall–Kier alpha value is -1.55. The van der Waals surface area contributed by atoms with Crippen molar-refractivity contribution in [2.45, 2.75) is 19.8 Å². The zero-order chi connectivity index (χ0) is 13.7. The first kappa shape index (κ1) is 12.2. The lowest BCUT2D eigenvalue weighted by Crippen LogP contribution is -2.29. The number of likely N-dealkylation sites (tertiary alicyclic amines) is 1. The Bertz CT molecular complexity index is 668. The van der Waals surface area contributed by atoms with Crippen molar-refractivity contribution in [1.82, 2.24) is 9.88 Å². The Labute approximate surface area is 122 Å². The summed E-state index contributed by atoms with van der Waals surface area (Å²) in [5.41, 5.74) is 3.31. The van der Waals surface area contributed by atoms with E-state index in [0.29, 0.717) is 11.8 Å². The van der Waals surface area contributed by atoms with Gasteiger partial charge in [0.05, 0.1) is 10.2 Å². The van der Waals surface area contributed by atoms with Crippen LogP contribution in [0.3, 0.4) is 0 Å². The second kappa shape index (κ2) is 4.48. The van der Waals surface area contributed by atoms with Gasteiger partial charge < -0.3 is 9.88 Å². The van der Waals surface area contributed by atoms with Crippen LogP contribution in [0.4, 0.5) is 0 Å². The van der Waals surface area contributed by atoms with Crippen LogP contribution in [0, 0.1) is 11.8 Å². The number of fused-ring (bicyclic) bond motifs is 2. The van der Waals surface area contributed by atoms with Crippen LogP contribution < -0.4 is 0 Å². The average Bonchev–Trinajstić information content (AvgIpc) is 3.10. The molecule has 0 aromatic carbocycles. The molecule has 3 heterocycles. The number of amides is 1. The number of carbonyl (C=O) groups is 1. The minimum absolute atomic E-state index is 0.167. The smallest absolute Gasteiger partial charge is 0.270 e. The molecule has 2 atom stereocenters. The van der Waals surface area contributed by atoms with Crippen LogP contribution in [0.5, 0.6) is 0 Å². The van der Waals surface area contributed by atoms with Gasteiger partial charge in [-0.2, -0.15) is 0 Å². The minimum Gasteiger partial charge on any atom is -0.350 e. The van der Waals surface area contributed by atoms with Gasteiger partial charge in [0, 0.05) is 13.1 Å². The van der Waals surface area contributed by atoms with E-state index in [9.17, 15) is 4.79 Å². The van der Waals surface area contributed by atoms with E-state index >= 15 is 0 Å². The maximum Gasteiger partial charge on any atom is 0.270 e. The summed E-state index contributed by atoms with van der Waals surface area (Å²) in [6.45, 7) is 4.04. The van der Waals surface area contributed by atoms with Gasteiger partial charge in [-0.3, -0.25) is 4.79 Å². The number of hydrogen-bond donors (Lipinski definition) is 1. The third kappa shape index (κ3) is 1.90. The molecule has 4 heteroatoms. The summed E-state index contributed by atoms with van der Waals surface area (Å²) in [6.07, 6.45) is 4.65. The highest BCUT2D eigenvalue weighted by atomic mass is 32.1. The van der Waals surface area contributed by atoms with Crippen molar-refractivity contribution < 1.29 is 4.79 Å². The molecule has 20 heavy (non-hydrogen) atoms. The molecule has 1 N–H and O–H groups in total. The molecule has 1 saturated heterocycles. The number of H-pyrrole nitrogens is 1. The predicted molar refractivity (Wildman–Crippen MR) is 82.1 cm³/mol. The van der Waals surface area contributed by atoms with Crippen LogP contribution in [-0.4, -0.2) is 28.9 Å².